The van der Waals surface area contributed by atoms with Crippen LogP contribution in [0.5, 0.6) is 0 Å². The highest BCUT2D eigenvalue weighted by atomic mass is 16.2. The number of rotatable bonds is 5. The van der Waals surface area contributed by atoms with E-state index >= 15 is 0 Å². The van der Waals surface area contributed by atoms with Crippen molar-refractivity contribution in [3.63, 3.8) is 0 Å². The molecule has 1 aromatic heterocycles. The minimum atomic E-state index is -0.312. The molecule has 1 fully saturated rings. The molecular formula is C25H21N3O2. The van der Waals surface area contributed by atoms with Crippen LogP contribution in [-0.4, -0.2) is 16.8 Å². The summed E-state index contributed by atoms with van der Waals surface area (Å²) in [6.45, 7) is 1.45. The molecule has 2 N–H and O–H groups in total. The quantitative estimate of drug-likeness (QED) is 0.639. The van der Waals surface area contributed by atoms with Gasteiger partial charge in [-0.3, -0.25) is 9.59 Å². The number of carbonyl (C=O) groups excluding carboxylic acids is 2. The van der Waals surface area contributed by atoms with Crippen LogP contribution in [0.3, 0.4) is 0 Å². The summed E-state index contributed by atoms with van der Waals surface area (Å²) >= 11 is 0. The fourth-order valence-electron chi connectivity index (χ4n) is 3.42. The van der Waals surface area contributed by atoms with Crippen molar-refractivity contribution in [3.05, 3.63) is 83.6 Å². The monoisotopic (exact) mass is 395 g/mol. The molecule has 0 unspecified atom stereocenters. The number of hydrogen-bond acceptors (Lipinski definition) is 3. The van der Waals surface area contributed by atoms with Gasteiger partial charge in [0.15, 0.2) is 0 Å². The average Bonchev–Trinajstić information content (AvgIpc) is 3.54. The SMILES string of the molecule is C#Cc1ccc(C(=O)NC2(c3ccc(-c4ccc(NC(C)=O)nc4)cc3)CC2)cc1. The highest BCUT2D eigenvalue weighted by Crippen LogP contribution is 2.46. The zero-order chi connectivity index (χ0) is 21.1. The number of nitrogens with zero attached hydrogens (tertiary/aromatic N) is 1. The van der Waals surface area contributed by atoms with E-state index in [9.17, 15) is 9.59 Å². The van der Waals surface area contributed by atoms with Crippen LogP contribution in [0.15, 0.2) is 66.9 Å². The van der Waals surface area contributed by atoms with E-state index in [2.05, 4.69) is 21.5 Å². The summed E-state index contributed by atoms with van der Waals surface area (Å²) in [5.74, 6) is 2.83. The molecule has 5 heteroatoms. The molecule has 0 atom stereocenters. The lowest BCUT2D eigenvalue weighted by atomic mass is 9.99. The molecule has 0 bridgehead atoms. The Kier molecular flexibility index (Phi) is 5.07. The van der Waals surface area contributed by atoms with Crippen molar-refractivity contribution in [1.82, 2.24) is 10.3 Å². The molecule has 1 aliphatic carbocycles. The smallest absolute Gasteiger partial charge is 0.251 e. The fraction of sp³-hybridized carbons (Fsp3) is 0.160. The highest BCUT2D eigenvalue weighted by Gasteiger charge is 2.45. The van der Waals surface area contributed by atoms with Gasteiger partial charge in [0.05, 0.1) is 5.54 Å². The van der Waals surface area contributed by atoms with Crippen LogP contribution >= 0.6 is 0 Å². The van der Waals surface area contributed by atoms with Crippen LogP contribution < -0.4 is 10.6 Å². The molecule has 4 rings (SSSR count). The number of anilines is 1. The normalized spacial score (nSPS) is 13.7. The second-order valence-corrected chi connectivity index (χ2v) is 7.45. The van der Waals surface area contributed by atoms with Crippen LogP contribution in [0.1, 0.15) is 41.3 Å². The Morgan fingerprint density at radius 3 is 2.17 bits per heavy atom. The van der Waals surface area contributed by atoms with Gasteiger partial charge in [-0.25, -0.2) is 4.98 Å². The maximum Gasteiger partial charge on any atom is 0.251 e. The van der Waals surface area contributed by atoms with Gasteiger partial charge in [-0.05, 0) is 60.4 Å². The van der Waals surface area contributed by atoms with Crippen molar-refractivity contribution in [1.29, 1.82) is 0 Å². The zero-order valence-electron chi connectivity index (χ0n) is 16.6. The summed E-state index contributed by atoms with van der Waals surface area (Å²) in [6.07, 6.45) is 8.92. The molecule has 0 spiro atoms. The number of pyridine rings is 1. The molecule has 30 heavy (non-hydrogen) atoms. The largest absolute Gasteiger partial charge is 0.343 e. The predicted octanol–water partition coefficient (Wildman–Crippen LogP) is 4.11. The lowest BCUT2D eigenvalue weighted by Gasteiger charge is -2.18. The molecule has 5 nitrogen and oxygen atoms in total. The van der Waals surface area contributed by atoms with Crippen molar-refractivity contribution in [3.8, 4) is 23.5 Å². The van der Waals surface area contributed by atoms with Crippen molar-refractivity contribution in [2.75, 3.05) is 5.32 Å². The molecule has 3 aromatic rings. The molecule has 0 saturated heterocycles. The minimum Gasteiger partial charge on any atom is -0.343 e. The van der Waals surface area contributed by atoms with Gasteiger partial charge in [-0.15, -0.1) is 6.42 Å². The summed E-state index contributed by atoms with van der Waals surface area (Å²) in [6, 6.07) is 18.9. The first kappa shape index (κ1) is 19.4. The first-order chi connectivity index (χ1) is 14.5. The Morgan fingerprint density at radius 1 is 0.967 bits per heavy atom. The standard InChI is InChI=1S/C25H21N3O2/c1-3-18-4-6-20(7-5-18)24(30)28-25(14-15-25)22-11-8-19(9-12-22)21-10-13-23(26-16-21)27-17(2)29/h1,4-13,16H,14-15H2,2H3,(H,28,30)(H,26,27,29). The Bertz CT molecular complexity index is 1120. The fourth-order valence-corrected chi connectivity index (χ4v) is 3.42. The van der Waals surface area contributed by atoms with E-state index < -0.39 is 0 Å². The Hall–Kier alpha value is -3.91. The number of terminal acetylenes is 1. The zero-order valence-corrected chi connectivity index (χ0v) is 16.6. The maximum absolute atomic E-state index is 12.7. The van der Waals surface area contributed by atoms with Crippen LogP contribution in [0, 0.1) is 12.3 Å². The van der Waals surface area contributed by atoms with Gasteiger partial charge in [-0.2, -0.15) is 0 Å². The number of amides is 2. The van der Waals surface area contributed by atoms with E-state index in [0.717, 1.165) is 35.1 Å². The van der Waals surface area contributed by atoms with Crippen molar-refractivity contribution < 1.29 is 9.59 Å². The lowest BCUT2D eigenvalue weighted by Crippen LogP contribution is -2.34. The first-order valence-electron chi connectivity index (χ1n) is 9.73. The lowest BCUT2D eigenvalue weighted by molar-refractivity contribution is -0.114. The third-order valence-electron chi connectivity index (χ3n) is 5.25. The van der Waals surface area contributed by atoms with Gasteiger partial charge in [0.1, 0.15) is 5.82 Å². The Balaban J connectivity index is 1.47. The number of benzene rings is 2. The average molecular weight is 395 g/mol. The van der Waals surface area contributed by atoms with E-state index in [0.29, 0.717) is 11.4 Å². The number of nitrogens with one attached hydrogen (secondary N) is 2. The summed E-state index contributed by atoms with van der Waals surface area (Å²) in [5.41, 5.74) is 4.10. The van der Waals surface area contributed by atoms with Gasteiger partial charge >= 0.3 is 0 Å². The van der Waals surface area contributed by atoms with Crippen molar-refractivity contribution in [2.24, 2.45) is 0 Å². The molecule has 148 valence electrons. The van der Waals surface area contributed by atoms with Crippen molar-refractivity contribution in [2.45, 2.75) is 25.3 Å². The Labute approximate surface area is 175 Å². The molecule has 2 aromatic carbocycles. The summed E-state index contributed by atoms with van der Waals surface area (Å²) in [4.78, 5) is 28.0. The van der Waals surface area contributed by atoms with Crippen LogP contribution in [0.4, 0.5) is 5.82 Å². The van der Waals surface area contributed by atoms with E-state index in [1.54, 1.807) is 36.5 Å². The van der Waals surface area contributed by atoms with E-state index in [1.807, 2.05) is 30.3 Å². The molecule has 1 heterocycles. The number of carbonyl (C=O) groups is 2. The van der Waals surface area contributed by atoms with Gasteiger partial charge in [0.2, 0.25) is 5.91 Å². The van der Waals surface area contributed by atoms with Gasteiger partial charge < -0.3 is 10.6 Å². The summed E-state index contributed by atoms with van der Waals surface area (Å²) in [7, 11) is 0. The molecule has 0 aliphatic heterocycles. The van der Waals surface area contributed by atoms with Gasteiger partial charge in [0, 0.05) is 29.8 Å². The maximum atomic E-state index is 12.7. The third-order valence-corrected chi connectivity index (χ3v) is 5.25. The van der Waals surface area contributed by atoms with Crippen LogP contribution in [0.2, 0.25) is 0 Å². The highest BCUT2D eigenvalue weighted by molar-refractivity contribution is 5.95. The number of aromatic nitrogens is 1. The Morgan fingerprint density at radius 2 is 1.63 bits per heavy atom. The van der Waals surface area contributed by atoms with Crippen LogP contribution in [0.25, 0.3) is 11.1 Å². The second-order valence-electron chi connectivity index (χ2n) is 7.45. The van der Waals surface area contributed by atoms with E-state index in [1.165, 1.54) is 6.92 Å². The van der Waals surface area contributed by atoms with E-state index in [4.69, 9.17) is 6.42 Å². The molecule has 0 radical (unpaired) electrons. The van der Waals surface area contributed by atoms with Crippen LogP contribution in [-0.2, 0) is 10.3 Å². The van der Waals surface area contributed by atoms with E-state index in [-0.39, 0.29) is 17.4 Å². The molecule has 1 aliphatic rings. The first-order valence-corrected chi connectivity index (χ1v) is 9.73. The second kappa shape index (κ2) is 7.84. The number of hydrogen-bond donors (Lipinski definition) is 2. The molecule has 2 amide bonds. The molecule has 1 saturated carbocycles. The molecular weight excluding hydrogens is 374 g/mol. The topological polar surface area (TPSA) is 71.1 Å². The minimum absolute atomic E-state index is 0.0992. The van der Waals surface area contributed by atoms with Crippen molar-refractivity contribution >= 4 is 17.6 Å². The summed E-state index contributed by atoms with van der Waals surface area (Å²) < 4.78 is 0. The van der Waals surface area contributed by atoms with Gasteiger partial charge in [-0.1, -0.05) is 30.2 Å². The summed E-state index contributed by atoms with van der Waals surface area (Å²) in [5, 5.41) is 5.84. The van der Waals surface area contributed by atoms with Gasteiger partial charge in [0.25, 0.3) is 5.91 Å². The predicted molar refractivity (Wildman–Crippen MR) is 117 cm³/mol. The third kappa shape index (κ3) is 4.08.